The van der Waals surface area contributed by atoms with Gasteiger partial charge in [0.05, 0.1) is 5.92 Å². The third kappa shape index (κ3) is 3.20. The first-order chi connectivity index (χ1) is 11.8. The smallest absolute Gasteiger partial charge is 0.223 e. The van der Waals surface area contributed by atoms with Crippen LogP contribution in [0.15, 0.2) is 53.1 Å². The number of hydrogen-bond donors (Lipinski definition) is 1. The molecule has 1 aromatic carbocycles. The van der Waals surface area contributed by atoms with Gasteiger partial charge in [0.25, 0.3) is 0 Å². The number of carbonyl (C=O) groups excluding carboxylic acids is 2. The highest BCUT2D eigenvalue weighted by molar-refractivity contribution is 6.00. The average Bonchev–Trinajstić information content (AvgIpc) is 2.52. The van der Waals surface area contributed by atoms with Crippen LogP contribution >= 0.6 is 0 Å². The largest absolute Gasteiger partial charge is 0.444 e. The van der Waals surface area contributed by atoms with E-state index in [2.05, 4.69) is 11.4 Å². The molecule has 0 bridgehead atoms. The van der Waals surface area contributed by atoms with E-state index < -0.39 is 5.92 Å². The molecular weight excluding hydrogens is 316 g/mol. The van der Waals surface area contributed by atoms with E-state index in [1.807, 2.05) is 44.2 Å². The lowest BCUT2D eigenvalue weighted by molar-refractivity contribution is -0.119. The Morgan fingerprint density at radius 2 is 1.96 bits per heavy atom. The molecule has 0 fully saturated rings. The molecule has 0 spiro atoms. The number of carbonyl (C=O) groups is 2. The second-order valence-electron chi connectivity index (χ2n) is 7.26. The quantitative estimate of drug-likeness (QED) is 0.898. The van der Waals surface area contributed by atoms with Gasteiger partial charge in [-0.25, -0.2) is 0 Å². The first-order valence-corrected chi connectivity index (χ1v) is 8.23. The molecule has 1 aliphatic carbocycles. The maximum absolute atomic E-state index is 12.9. The minimum Gasteiger partial charge on any atom is -0.444 e. The summed E-state index contributed by atoms with van der Waals surface area (Å²) in [5.74, 6) is -0.152. The van der Waals surface area contributed by atoms with E-state index in [0.29, 0.717) is 24.2 Å². The van der Waals surface area contributed by atoms with Crippen molar-refractivity contribution < 1.29 is 14.3 Å². The third-order valence-corrected chi connectivity index (χ3v) is 4.47. The summed E-state index contributed by atoms with van der Waals surface area (Å²) in [4.78, 5) is 24.4. The number of nitrogens with zero attached hydrogens (tertiary/aromatic N) is 1. The molecule has 0 radical (unpaired) electrons. The Morgan fingerprint density at radius 3 is 2.56 bits per heavy atom. The van der Waals surface area contributed by atoms with Gasteiger partial charge < -0.3 is 4.74 Å². The highest BCUT2D eigenvalue weighted by Crippen LogP contribution is 2.48. The van der Waals surface area contributed by atoms with E-state index in [4.69, 9.17) is 4.74 Å². The number of nitrogens with one attached hydrogen (secondary N) is 1. The average molecular weight is 336 g/mol. The number of allylic oxidation sites excluding steroid dienone is 3. The maximum Gasteiger partial charge on any atom is 0.223 e. The molecule has 0 aromatic heterocycles. The van der Waals surface area contributed by atoms with E-state index in [1.54, 1.807) is 0 Å². The molecule has 5 heteroatoms. The summed E-state index contributed by atoms with van der Waals surface area (Å²) in [5.41, 5.74) is 1.41. The zero-order valence-corrected chi connectivity index (χ0v) is 14.6. The lowest BCUT2D eigenvalue weighted by atomic mass is 9.70. The first kappa shape index (κ1) is 17.0. The van der Waals surface area contributed by atoms with Gasteiger partial charge in [-0.2, -0.15) is 5.26 Å². The molecular formula is C20H20N2O3. The van der Waals surface area contributed by atoms with Crippen molar-refractivity contribution in [3.8, 4) is 6.07 Å². The first-order valence-electron chi connectivity index (χ1n) is 8.23. The molecule has 0 unspecified atom stereocenters. The third-order valence-electron chi connectivity index (χ3n) is 4.47. The summed E-state index contributed by atoms with van der Waals surface area (Å²) in [6.07, 6.45) is 0.992. The topological polar surface area (TPSA) is 79.2 Å². The number of ketones is 1. The van der Waals surface area contributed by atoms with Crippen LogP contribution < -0.4 is 5.32 Å². The van der Waals surface area contributed by atoms with E-state index in [-0.39, 0.29) is 28.6 Å². The van der Waals surface area contributed by atoms with E-state index in [1.165, 1.54) is 6.92 Å². The summed E-state index contributed by atoms with van der Waals surface area (Å²) in [6, 6.07) is 11.5. The highest BCUT2D eigenvalue weighted by atomic mass is 16.5. The van der Waals surface area contributed by atoms with Crippen molar-refractivity contribution in [2.75, 3.05) is 0 Å². The molecule has 0 saturated heterocycles. The predicted octanol–water partition coefficient (Wildman–Crippen LogP) is 3.31. The highest BCUT2D eigenvalue weighted by Gasteiger charge is 2.43. The van der Waals surface area contributed by atoms with Crippen molar-refractivity contribution in [2.45, 2.75) is 39.5 Å². The van der Waals surface area contributed by atoms with Gasteiger partial charge in [-0.3, -0.25) is 14.9 Å². The predicted molar refractivity (Wildman–Crippen MR) is 91.8 cm³/mol. The molecule has 1 aliphatic heterocycles. The van der Waals surface area contributed by atoms with E-state index >= 15 is 0 Å². The fraction of sp³-hybridized carbons (Fsp3) is 0.350. The molecule has 1 atom stereocenters. The molecule has 128 valence electrons. The van der Waals surface area contributed by atoms with Crippen molar-refractivity contribution in [3.05, 3.63) is 58.7 Å². The van der Waals surface area contributed by atoms with Crippen LogP contribution in [-0.2, 0) is 14.3 Å². The zero-order valence-electron chi connectivity index (χ0n) is 14.6. The van der Waals surface area contributed by atoms with Crippen LogP contribution in [0.25, 0.3) is 0 Å². The molecule has 1 aromatic rings. The van der Waals surface area contributed by atoms with Crippen molar-refractivity contribution in [1.82, 2.24) is 5.32 Å². The Labute approximate surface area is 147 Å². The van der Waals surface area contributed by atoms with Crippen molar-refractivity contribution in [1.29, 1.82) is 5.26 Å². The van der Waals surface area contributed by atoms with Gasteiger partial charge >= 0.3 is 0 Å². The fourth-order valence-corrected chi connectivity index (χ4v) is 3.49. The SMILES string of the molecule is CC(=O)NC1=C(C#N)[C@@H](c2ccccc2)C2=C(CC(C)(C)CC2=O)O1. The number of benzene rings is 1. The molecule has 25 heavy (non-hydrogen) atoms. The molecule has 3 rings (SSSR count). The standard InChI is InChI=1S/C20H20N2O3/c1-12(23)22-19-14(11-21)17(13-7-5-4-6-8-13)18-15(24)9-20(2,3)10-16(18)25-19/h4-8,17H,9-10H2,1-3H3,(H,22,23)/t17-/m1/s1. The van der Waals surface area contributed by atoms with Gasteiger partial charge in [0.2, 0.25) is 11.8 Å². The summed E-state index contributed by atoms with van der Waals surface area (Å²) < 4.78 is 5.85. The minimum atomic E-state index is -0.514. The van der Waals surface area contributed by atoms with Gasteiger partial charge in [-0.1, -0.05) is 44.2 Å². The second-order valence-corrected chi connectivity index (χ2v) is 7.26. The van der Waals surface area contributed by atoms with Crippen molar-refractivity contribution in [2.24, 2.45) is 5.41 Å². The number of rotatable bonds is 2. The molecule has 1 heterocycles. The van der Waals surface area contributed by atoms with Gasteiger partial charge in [0.1, 0.15) is 17.4 Å². The van der Waals surface area contributed by atoms with Crippen LogP contribution in [0.5, 0.6) is 0 Å². The number of hydrogen-bond acceptors (Lipinski definition) is 4. The van der Waals surface area contributed by atoms with Crippen LogP contribution in [0, 0.1) is 16.7 Å². The van der Waals surface area contributed by atoms with Gasteiger partial charge in [-0.15, -0.1) is 0 Å². The number of nitriles is 1. The van der Waals surface area contributed by atoms with Crippen LogP contribution in [0.3, 0.4) is 0 Å². The van der Waals surface area contributed by atoms with Crippen LogP contribution in [0.2, 0.25) is 0 Å². The lowest BCUT2D eigenvalue weighted by Crippen LogP contribution is -2.35. The van der Waals surface area contributed by atoms with Crippen LogP contribution in [0.4, 0.5) is 0 Å². The molecule has 5 nitrogen and oxygen atoms in total. The Hall–Kier alpha value is -2.87. The molecule has 1 N–H and O–H groups in total. The summed E-state index contributed by atoms with van der Waals surface area (Å²) in [7, 11) is 0. The lowest BCUT2D eigenvalue weighted by Gasteiger charge is -2.37. The Balaban J connectivity index is 2.19. The van der Waals surface area contributed by atoms with Crippen molar-refractivity contribution >= 4 is 11.7 Å². The molecule has 2 aliphatic rings. The number of amides is 1. The molecule has 0 saturated carbocycles. The van der Waals surface area contributed by atoms with Crippen LogP contribution in [0.1, 0.15) is 45.1 Å². The van der Waals surface area contributed by atoms with Gasteiger partial charge in [-0.05, 0) is 11.0 Å². The Morgan fingerprint density at radius 1 is 1.28 bits per heavy atom. The summed E-state index contributed by atoms with van der Waals surface area (Å²) >= 11 is 0. The minimum absolute atomic E-state index is 0.00488. The fourth-order valence-electron chi connectivity index (χ4n) is 3.49. The van der Waals surface area contributed by atoms with Gasteiger partial charge in [0.15, 0.2) is 5.78 Å². The Bertz CT molecular complexity index is 841. The summed E-state index contributed by atoms with van der Waals surface area (Å²) in [5, 5.41) is 12.3. The normalized spacial score (nSPS) is 22.0. The summed E-state index contributed by atoms with van der Waals surface area (Å²) in [6.45, 7) is 5.39. The van der Waals surface area contributed by atoms with E-state index in [0.717, 1.165) is 5.56 Å². The molecule has 1 amide bonds. The number of ether oxygens (including phenoxy) is 1. The van der Waals surface area contributed by atoms with Crippen LogP contribution in [-0.4, -0.2) is 11.7 Å². The van der Waals surface area contributed by atoms with Gasteiger partial charge in [0, 0.05) is 25.3 Å². The zero-order chi connectivity index (χ0) is 18.2. The maximum atomic E-state index is 12.9. The second kappa shape index (κ2) is 6.21. The van der Waals surface area contributed by atoms with E-state index in [9.17, 15) is 14.9 Å². The Kier molecular flexibility index (Phi) is 4.22. The van der Waals surface area contributed by atoms with Crippen molar-refractivity contribution in [3.63, 3.8) is 0 Å². The number of Topliss-reactive ketones (excluding diaryl/α,β-unsaturated/α-hetero) is 1. The monoisotopic (exact) mass is 336 g/mol.